The van der Waals surface area contributed by atoms with Gasteiger partial charge in [-0.3, -0.25) is 4.79 Å². The van der Waals surface area contributed by atoms with E-state index >= 15 is 0 Å². The molecule has 0 saturated carbocycles. The molecule has 6 heteroatoms. The molecule has 0 fully saturated rings. The van der Waals surface area contributed by atoms with Gasteiger partial charge >= 0.3 is 0 Å². The first-order valence-corrected chi connectivity index (χ1v) is 4.57. The third-order valence-electron chi connectivity index (χ3n) is 1.61. The highest BCUT2D eigenvalue weighted by Crippen LogP contribution is 2.07. The fourth-order valence-corrected chi connectivity index (χ4v) is 1.02. The summed E-state index contributed by atoms with van der Waals surface area (Å²) in [6.45, 7) is 1.45. The van der Waals surface area contributed by atoms with Crippen LogP contribution in [0.15, 0.2) is 34.5 Å². The highest BCUT2D eigenvalue weighted by Gasteiger charge is 1.94. The summed E-state index contributed by atoms with van der Waals surface area (Å²) in [5.74, 6) is -0.201. The number of nitrogens with two attached hydrogens (primary N) is 2. The summed E-state index contributed by atoms with van der Waals surface area (Å²) in [4.78, 5) is 10.8. The second kappa shape index (κ2) is 5.50. The molecule has 1 aromatic rings. The third kappa shape index (κ3) is 4.23. The minimum Gasteiger partial charge on any atom is -0.369 e. The average Bonchev–Trinajstić information content (AvgIpc) is 2.19. The Morgan fingerprint density at radius 1 is 1.31 bits per heavy atom. The van der Waals surface area contributed by atoms with Crippen LogP contribution in [0.1, 0.15) is 12.5 Å². The quantitative estimate of drug-likeness (QED) is 0.385. The maximum Gasteiger partial charge on any atom is 0.221 e. The van der Waals surface area contributed by atoms with Crippen molar-refractivity contribution in [1.29, 1.82) is 0 Å². The van der Waals surface area contributed by atoms with E-state index in [1.54, 1.807) is 24.3 Å². The fraction of sp³-hybridized carbons (Fsp3) is 0.100. The number of anilines is 1. The molecule has 16 heavy (non-hydrogen) atoms. The van der Waals surface area contributed by atoms with Gasteiger partial charge in [0.2, 0.25) is 11.9 Å². The SMILES string of the molecule is CC(=O)Nc1ccc(/C=N\N=C(N)N)cc1. The first-order valence-electron chi connectivity index (χ1n) is 4.57. The van der Waals surface area contributed by atoms with Gasteiger partial charge in [0.25, 0.3) is 0 Å². The highest BCUT2D eigenvalue weighted by atomic mass is 16.1. The van der Waals surface area contributed by atoms with Crippen LogP contribution in [0.2, 0.25) is 0 Å². The lowest BCUT2D eigenvalue weighted by Crippen LogP contribution is -2.21. The molecule has 1 aromatic carbocycles. The molecule has 0 bridgehead atoms. The number of hydrogen-bond donors (Lipinski definition) is 3. The van der Waals surface area contributed by atoms with Gasteiger partial charge < -0.3 is 16.8 Å². The lowest BCUT2D eigenvalue weighted by molar-refractivity contribution is -0.114. The molecule has 0 atom stereocenters. The van der Waals surface area contributed by atoms with E-state index in [2.05, 4.69) is 15.5 Å². The van der Waals surface area contributed by atoms with E-state index in [-0.39, 0.29) is 11.9 Å². The number of carbonyl (C=O) groups is 1. The first-order chi connectivity index (χ1) is 7.58. The standard InChI is InChI=1S/C10H13N5O/c1-7(16)14-9-4-2-8(3-5-9)6-13-15-10(11)12/h2-6H,1H3,(H,14,16)(H4,11,12,15)/b13-6-. The number of rotatable bonds is 3. The van der Waals surface area contributed by atoms with Crippen molar-refractivity contribution in [2.45, 2.75) is 6.92 Å². The van der Waals surface area contributed by atoms with Crippen LogP contribution in [0.5, 0.6) is 0 Å². The number of nitrogens with zero attached hydrogens (tertiary/aromatic N) is 2. The summed E-state index contributed by atoms with van der Waals surface area (Å²) in [7, 11) is 0. The topological polar surface area (TPSA) is 106 Å². The van der Waals surface area contributed by atoms with Gasteiger partial charge in [-0.25, -0.2) is 0 Å². The second-order valence-corrected chi connectivity index (χ2v) is 3.07. The summed E-state index contributed by atoms with van der Waals surface area (Å²) in [5, 5.41) is 9.78. The monoisotopic (exact) mass is 219 g/mol. The maximum absolute atomic E-state index is 10.8. The molecule has 0 spiro atoms. The molecule has 6 nitrogen and oxygen atoms in total. The van der Waals surface area contributed by atoms with E-state index in [0.717, 1.165) is 11.3 Å². The van der Waals surface area contributed by atoms with Crippen molar-refractivity contribution >= 4 is 23.8 Å². The lowest BCUT2D eigenvalue weighted by atomic mass is 10.2. The van der Waals surface area contributed by atoms with Crippen LogP contribution in [-0.2, 0) is 4.79 Å². The summed E-state index contributed by atoms with van der Waals surface area (Å²) in [6.07, 6.45) is 1.51. The van der Waals surface area contributed by atoms with Crippen molar-refractivity contribution < 1.29 is 4.79 Å². The van der Waals surface area contributed by atoms with Crippen LogP contribution < -0.4 is 16.8 Å². The average molecular weight is 219 g/mol. The predicted octanol–water partition coefficient (Wildman–Crippen LogP) is 0.252. The molecule has 0 aliphatic carbocycles. The molecule has 0 unspecified atom stereocenters. The number of nitrogens with one attached hydrogen (secondary N) is 1. The molecule has 0 radical (unpaired) electrons. The lowest BCUT2D eigenvalue weighted by Gasteiger charge is -2.00. The van der Waals surface area contributed by atoms with E-state index in [0.29, 0.717) is 0 Å². The minimum atomic E-state index is -0.109. The zero-order valence-electron chi connectivity index (χ0n) is 8.84. The summed E-state index contributed by atoms with van der Waals surface area (Å²) >= 11 is 0. The van der Waals surface area contributed by atoms with E-state index < -0.39 is 0 Å². The minimum absolute atomic E-state index is 0.0916. The van der Waals surface area contributed by atoms with Crippen LogP contribution in [0.3, 0.4) is 0 Å². The van der Waals surface area contributed by atoms with Crippen molar-refractivity contribution in [3.8, 4) is 0 Å². The van der Waals surface area contributed by atoms with Gasteiger partial charge in [-0.2, -0.15) is 5.10 Å². The first kappa shape index (κ1) is 11.7. The molecular formula is C10H13N5O. The summed E-state index contributed by atoms with van der Waals surface area (Å²) < 4.78 is 0. The number of carbonyl (C=O) groups excluding carboxylic acids is 1. The smallest absolute Gasteiger partial charge is 0.221 e. The van der Waals surface area contributed by atoms with E-state index in [1.807, 2.05) is 0 Å². The van der Waals surface area contributed by atoms with Gasteiger partial charge in [0.1, 0.15) is 0 Å². The Kier molecular flexibility index (Phi) is 4.02. The van der Waals surface area contributed by atoms with Gasteiger partial charge in [-0.15, -0.1) is 5.10 Å². The highest BCUT2D eigenvalue weighted by molar-refractivity contribution is 5.89. The summed E-state index contributed by atoms with van der Waals surface area (Å²) in [6, 6.07) is 7.10. The molecular weight excluding hydrogens is 206 g/mol. The Morgan fingerprint density at radius 3 is 2.44 bits per heavy atom. The molecule has 0 aliphatic heterocycles. The van der Waals surface area contributed by atoms with Gasteiger partial charge in [-0.05, 0) is 17.7 Å². The fourth-order valence-electron chi connectivity index (χ4n) is 1.02. The molecule has 0 heterocycles. The normalized spacial score (nSPS) is 10.1. The number of benzene rings is 1. The van der Waals surface area contributed by atoms with Crippen LogP contribution in [0.25, 0.3) is 0 Å². The Hall–Kier alpha value is -2.37. The maximum atomic E-state index is 10.8. The zero-order valence-corrected chi connectivity index (χ0v) is 8.84. The van der Waals surface area contributed by atoms with E-state index in [4.69, 9.17) is 11.5 Å². The Balaban J connectivity index is 2.68. The summed E-state index contributed by atoms with van der Waals surface area (Å²) in [5.41, 5.74) is 11.8. The molecule has 0 aliphatic rings. The van der Waals surface area contributed by atoms with Crippen LogP contribution in [-0.4, -0.2) is 18.1 Å². The Bertz CT molecular complexity index is 417. The molecule has 84 valence electrons. The van der Waals surface area contributed by atoms with Crippen LogP contribution in [0, 0.1) is 0 Å². The van der Waals surface area contributed by atoms with Crippen molar-refractivity contribution in [3.05, 3.63) is 29.8 Å². The van der Waals surface area contributed by atoms with Crippen molar-refractivity contribution in [1.82, 2.24) is 0 Å². The Morgan fingerprint density at radius 2 is 1.94 bits per heavy atom. The zero-order chi connectivity index (χ0) is 12.0. The number of guanidine groups is 1. The third-order valence-corrected chi connectivity index (χ3v) is 1.61. The van der Waals surface area contributed by atoms with Crippen LogP contribution >= 0.6 is 0 Å². The predicted molar refractivity (Wildman–Crippen MR) is 64.1 cm³/mol. The van der Waals surface area contributed by atoms with Gasteiger partial charge in [0.15, 0.2) is 0 Å². The molecule has 1 amide bonds. The van der Waals surface area contributed by atoms with Gasteiger partial charge in [0, 0.05) is 12.6 Å². The largest absolute Gasteiger partial charge is 0.369 e. The van der Waals surface area contributed by atoms with Crippen molar-refractivity contribution in [2.75, 3.05) is 5.32 Å². The van der Waals surface area contributed by atoms with E-state index in [1.165, 1.54) is 13.1 Å². The number of hydrogen-bond acceptors (Lipinski definition) is 3. The molecule has 1 rings (SSSR count). The van der Waals surface area contributed by atoms with Gasteiger partial charge in [-0.1, -0.05) is 12.1 Å². The van der Waals surface area contributed by atoms with E-state index in [9.17, 15) is 4.79 Å². The van der Waals surface area contributed by atoms with Crippen molar-refractivity contribution in [3.63, 3.8) is 0 Å². The number of amides is 1. The van der Waals surface area contributed by atoms with Crippen molar-refractivity contribution in [2.24, 2.45) is 21.7 Å². The van der Waals surface area contributed by atoms with Gasteiger partial charge in [0.05, 0.1) is 6.21 Å². The molecule has 0 saturated heterocycles. The molecule has 0 aromatic heterocycles. The second-order valence-electron chi connectivity index (χ2n) is 3.07. The van der Waals surface area contributed by atoms with Crippen LogP contribution in [0.4, 0.5) is 5.69 Å². The Labute approximate surface area is 93.0 Å². The molecule has 5 N–H and O–H groups in total.